The zero-order valence-electron chi connectivity index (χ0n) is 12.9. The van der Waals surface area contributed by atoms with Gasteiger partial charge in [0.2, 0.25) is 0 Å². The van der Waals surface area contributed by atoms with Crippen LogP contribution in [0.4, 0.5) is 0 Å². The maximum Gasteiger partial charge on any atom is 0.113 e. The van der Waals surface area contributed by atoms with Gasteiger partial charge in [0.15, 0.2) is 0 Å². The lowest BCUT2D eigenvalue weighted by molar-refractivity contribution is 0.114. The summed E-state index contributed by atoms with van der Waals surface area (Å²) < 4.78 is 0. The number of rotatable bonds is 4. The molecule has 2 rings (SSSR count). The Balaban J connectivity index is 2.15. The highest BCUT2D eigenvalue weighted by molar-refractivity contribution is 7.09. The van der Waals surface area contributed by atoms with Gasteiger partial charge in [-0.25, -0.2) is 4.98 Å². The Morgan fingerprint density at radius 1 is 1.26 bits per heavy atom. The van der Waals surface area contributed by atoms with E-state index in [9.17, 15) is 0 Å². The van der Waals surface area contributed by atoms with E-state index in [0.717, 1.165) is 25.9 Å². The summed E-state index contributed by atoms with van der Waals surface area (Å²) in [4.78, 5) is 7.45. The highest BCUT2D eigenvalue weighted by Crippen LogP contribution is 2.36. The van der Waals surface area contributed by atoms with Crippen molar-refractivity contribution in [1.29, 1.82) is 0 Å². The molecule has 0 unspecified atom stereocenters. The van der Waals surface area contributed by atoms with E-state index in [-0.39, 0.29) is 5.54 Å². The normalized spacial score (nSPS) is 20.4. The predicted octanol–water partition coefficient (Wildman–Crippen LogP) is 3.19. The van der Waals surface area contributed by atoms with Crippen LogP contribution in [-0.4, -0.2) is 36.1 Å². The van der Waals surface area contributed by atoms with E-state index >= 15 is 0 Å². The second kappa shape index (κ2) is 5.90. The Kier molecular flexibility index (Phi) is 4.64. The molecule has 1 aliphatic heterocycles. The van der Waals surface area contributed by atoms with Crippen molar-refractivity contribution in [3.05, 3.63) is 16.1 Å². The molecular weight excluding hydrogens is 254 g/mol. The Morgan fingerprint density at radius 2 is 1.89 bits per heavy atom. The van der Waals surface area contributed by atoms with Gasteiger partial charge >= 0.3 is 0 Å². The molecule has 1 saturated heterocycles. The third-order valence-electron chi connectivity index (χ3n) is 4.38. The molecule has 0 radical (unpaired) electrons. The van der Waals surface area contributed by atoms with Crippen molar-refractivity contribution in [3.8, 4) is 0 Å². The quantitative estimate of drug-likeness (QED) is 0.918. The first kappa shape index (κ1) is 14.9. The van der Waals surface area contributed by atoms with Gasteiger partial charge in [0.05, 0.1) is 11.2 Å². The molecule has 0 spiro atoms. The Morgan fingerprint density at radius 3 is 2.32 bits per heavy atom. The SMILES string of the molecule is CNC1(c2nc(C(C)C)cs2)CCN(C(C)C)CC1. The van der Waals surface area contributed by atoms with Gasteiger partial charge in [-0.1, -0.05) is 13.8 Å². The molecule has 0 aromatic carbocycles. The lowest BCUT2D eigenvalue weighted by atomic mass is 9.87. The first-order chi connectivity index (χ1) is 8.98. The minimum atomic E-state index is 0.100. The number of aromatic nitrogens is 1. The molecule has 2 heterocycles. The average molecular weight is 281 g/mol. The maximum atomic E-state index is 4.88. The molecule has 0 saturated carbocycles. The lowest BCUT2D eigenvalue weighted by Crippen LogP contribution is -2.51. The molecular formula is C15H27N3S. The van der Waals surface area contributed by atoms with Crippen molar-refractivity contribution in [2.45, 2.75) is 58.0 Å². The fourth-order valence-electron chi connectivity index (χ4n) is 2.76. The van der Waals surface area contributed by atoms with Gasteiger partial charge in [-0.3, -0.25) is 0 Å². The Labute approximate surface area is 121 Å². The smallest absolute Gasteiger partial charge is 0.113 e. The number of hydrogen-bond acceptors (Lipinski definition) is 4. The summed E-state index contributed by atoms with van der Waals surface area (Å²) in [6.45, 7) is 11.3. The molecule has 108 valence electrons. The van der Waals surface area contributed by atoms with Gasteiger partial charge in [-0.05, 0) is 39.7 Å². The van der Waals surface area contributed by atoms with E-state index in [2.05, 4.69) is 50.3 Å². The topological polar surface area (TPSA) is 28.2 Å². The Hall–Kier alpha value is -0.450. The van der Waals surface area contributed by atoms with Crippen LogP contribution >= 0.6 is 11.3 Å². The predicted molar refractivity (Wildman–Crippen MR) is 82.9 cm³/mol. The van der Waals surface area contributed by atoms with E-state index in [1.54, 1.807) is 0 Å². The molecule has 1 aromatic rings. The molecule has 4 heteroatoms. The maximum absolute atomic E-state index is 4.88. The zero-order valence-corrected chi connectivity index (χ0v) is 13.7. The van der Waals surface area contributed by atoms with Crippen LogP contribution in [0.1, 0.15) is 57.2 Å². The molecule has 0 amide bonds. The molecule has 3 nitrogen and oxygen atoms in total. The monoisotopic (exact) mass is 281 g/mol. The number of nitrogens with one attached hydrogen (secondary N) is 1. The molecule has 1 N–H and O–H groups in total. The minimum absolute atomic E-state index is 0.100. The van der Waals surface area contributed by atoms with Crippen molar-refractivity contribution in [3.63, 3.8) is 0 Å². The van der Waals surface area contributed by atoms with E-state index in [1.807, 2.05) is 11.3 Å². The number of likely N-dealkylation sites (tertiary alicyclic amines) is 1. The lowest BCUT2D eigenvalue weighted by Gasteiger charge is -2.42. The standard InChI is InChI=1S/C15H27N3S/c1-11(2)13-10-19-14(17-13)15(16-5)6-8-18(9-7-15)12(3)4/h10-12,16H,6-9H2,1-5H3. The van der Waals surface area contributed by atoms with Crippen molar-refractivity contribution >= 4 is 11.3 Å². The van der Waals surface area contributed by atoms with Crippen LogP contribution in [0.5, 0.6) is 0 Å². The fraction of sp³-hybridized carbons (Fsp3) is 0.800. The minimum Gasteiger partial charge on any atom is -0.308 e. The number of nitrogens with zero attached hydrogens (tertiary/aromatic N) is 2. The molecule has 0 atom stereocenters. The van der Waals surface area contributed by atoms with Crippen molar-refractivity contribution in [2.24, 2.45) is 0 Å². The summed E-state index contributed by atoms with van der Waals surface area (Å²) in [7, 11) is 2.08. The average Bonchev–Trinajstić information content (AvgIpc) is 2.89. The van der Waals surface area contributed by atoms with Gasteiger partial charge in [0.25, 0.3) is 0 Å². The van der Waals surface area contributed by atoms with Crippen LogP contribution < -0.4 is 5.32 Å². The van der Waals surface area contributed by atoms with E-state index in [4.69, 9.17) is 4.98 Å². The highest BCUT2D eigenvalue weighted by Gasteiger charge is 2.37. The largest absolute Gasteiger partial charge is 0.308 e. The first-order valence-electron chi connectivity index (χ1n) is 7.37. The van der Waals surface area contributed by atoms with Crippen molar-refractivity contribution in [1.82, 2.24) is 15.2 Å². The number of piperidine rings is 1. The van der Waals surface area contributed by atoms with Gasteiger partial charge in [-0.15, -0.1) is 11.3 Å². The summed E-state index contributed by atoms with van der Waals surface area (Å²) in [5, 5.41) is 7.08. The summed E-state index contributed by atoms with van der Waals surface area (Å²) in [5.74, 6) is 0.523. The molecule has 1 aliphatic rings. The zero-order chi connectivity index (χ0) is 14.0. The van der Waals surface area contributed by atoms with Gasteiger partial charge in [0.1, 0.15) is 5.01 Å². The van der Waals surface area contributed by atoms with Crippen molar-refractivity contribution in [2.75, 3.05) is 20.1 Å². The van der Waals surface area contributed by atoms with Crippen LogP contribution in [0.15, 0.2) is 5.38 Å². The van der Waals surface area contributed by atoms with Crippen LogP contribution in [0.25, 0.3) is 0 Å². The summed E-state index contributed by atoms with van der Waals surface area (Å²) >= 11 is 1.83. The van der Waals surface area contributed by atoms with Gasteiger partial charge < -0.3 is 10.2 Å². The fourth-order valence-corrected chi connectivity index (χ4v) is 4.01. The molecule has 1 fully saturated rings. The summed E-state index contributed by atoms with van der Waals surface area (Å²) in [6, 6.07) is 0.650. The first-order valence-corrected chi connectivity index (χ1v) is 8.25. The molecule has 19 heavy (non-hydrogen) atoms. The van der Waals surface area contributed by atoms with E-state index in [0.29, 0.717) is 12.0 Å². The summed E-state index contributed by atoms with van der Waals surface area (Å²) in [5.41, 5.74) is 1.34. The third kappa shape index (κ3) is 3.01. The second-order valence-corrected chi connectivity index (χ2v) is 7.05. The summed E-state index contributed by atoms with van der Waals surface area (Å²) in [6.07, 6.45) is 2.32. The van der Waals surface area contributed by atoms with Crippen LogP contribution in [-0.2, 0) is 5.54 Å². The third-order valence-corrected chi connectivity index (χ3v) is 5.45. The second-order valence-electron chi connectivity index (χ2n) is 6.19. The van der Waals surface area contributed by atoms with E-state index in [1.165, 1.54) is 10.7 Å². The highest BCUT2D eigenvalue weighted by atomic mass is 32.1. The Bertz CT molecular complexity index is 403. The van der Waals surface area contributed by atoms with Crippen LogP contribution in [0.2, 0.25) is 0 Å². The van der Waals surface area contributed by atoms with Gasteiger partial charge in [0, 0.05) is 24.5 Å². The van der Waals surface area contributed by atoms with Crippen LogP contribution in [0.3, 0.4) is 0 Å². The van der Waals surface area contributed by atoms with Crippen LogP contribution in [0, 0.1) is 0 Å². The molecule has 0 aliphatic carbocycles. The van der Waals surface area contributed by atoms with E-state index < -0.39 is 0 Å². The number of hydrogen-bond donors (Lipinski definition) is 1. The van der Waals surface area contributed by atoms with Gasteiger partial charge in [-0.2, -0.15) is 0 Å². The molecule has 0 bridgehead atoms. The van der Waals surface area contributed by atoms with Crippen molar-refractivity contribution < 1.29 is 0 Å². The number of thiazole rings is 1. The molecule has 1 aromatic heterocycles.